The summed E-state index contributed by atoms with van der Waals surface area (Å²) in [5, 5.41) is 4.30. The zero-order valence-corrected chi connectivity index (χ0v) is 17.1. The molecule has 148 valence electrons. The lowest BCUT2D eigenvalue weighted by molar-refractivity contribution is 0.133. The van der Waals surface area contributed by atoms with Crippen molar-refractivity contribution in [2.75, 3.05) is 39.8 Å². The highest BCUT2D eigenvalue weighted by molar-refractivity contribution is 5.28. The Labute approximate surface area is 163 Å². The Kier molecular flexibility index (Phi) is 7.30. The largest absolute Gasteiger partial charge is 0.497 e. The lowest BCUT2D eigenvalue weighted by atomic mass is 9.96. The van der Waals surface area contributed by atoms with Gasteiger partial charge in [-0.3, -0.25) is 9.58 Å². The summed E-state index contributed by atoms with van der Waals surface area (Å²) in [4.78, 5) is 5.21. The molecule has 0 N–H and O–H groups in total. The van der Waals surface area contributed by atoms with Crippen LogP contribution < -0.4 is 4.74 Å². The van der Waals surface area contributed by atoms with Gasteiger partial charge in [-0.2, -0.15) is 5.10 Å². The van der Waals surface area contributed by atoms with E-state index in [9.17, 15) is 0 Å². The minimum absolute atomic E-state index is 0.765. The summed E-state index contributed by atoms with van der Waals surface area (Å²) >= 11 is 0. The summed E-state index contributed by atoms with van der Waals surface area (Å²) in [7, 11) is 3.72. The first-order valence-electron chi connectivity index (χ1n) is 10.2. The quantitative estimate of drug-likeness (QED) is 0.679. The number of likely N-dealkylation sites (tertiary alicyclic amines) is 1. The van der Waals surface area contributed by atoms with Gasteiger partial charge in [0.1, 0.15) is 5.75 Å². The molecule has 0 bridgehead atoms. The van der Waals surface area contributed by atoms with E-state index in [-0.39, 0.29) is 0 Å². The number of methoxy groups -OCH3 is 1. The van der Waals surface area contributed by atoms with E-state index in [4.69, 9.17) is 4.74 Å². The van der Waals surface area contributed by atoms with E-state index >= 15 is 0 Å². The predicted molar refractivity (Wildman–Crippen MR) is 110 cm³/mol. The van der Waals surface area contributed by atoms with Crippen LogP contribution in [0.15, 0.2) is 36.7 Å². The third-order valence-electron chi connectivity index (χ3n) is 5.58. The monoisotopic (exact) mass is 370 g/mol. The molecule has 5 heteroatoms. The van der Waals surface area contributed by atoms with Gasteiger partial charge in [-0.25, -0.2) is 0 Å². The number of aromatic nitrogens is 2. The van der Waals surface area contributed by atoms with Crippen molar-refractivity contribution in [1.29, 1.82) is 0 Å². The van der Waals surface area contributed by atoms with Crippen LogP contribution >= 0.6 is 0 Å². The maximum Gasteiger partial charge on any atom is 0.119 e. The van der Waals surface area contributed by atoms with E-state index in [2.05, 4.69) is 46.2 Å². The van der Waals surface area contributed by atoms with Crippen LogP contribution in [-0.4, -0.2) is 59.4 Å². The highest BCUT2D eigenvalue weighted by Gasteiger charge is 2.21. The zero-order valence-electron chi connectivity index (χ0n) is 17.1. The lowest BCUT2D eigenvalue weighted by Crippen LogP contribution is -2.41. The number of benzene rings is 1. The molecular weight excluding hydrogens is 336 g/mol. The highest BCUT2D eigenvalue weighted by Crippen LogP contribution is 2.20. The molecule has 0 unspecified atom stereocenters. The van der Waals surface area contributed by atoms with Gasteiger partial charge in [0.05, 0.1) is 13.3 Å². The molecule has 0 amide bonds. The molecule has 1 atom stereocenters. The fourth-order valence-corrected chi connectivity index (χ4v) is 4.10. The van der Waals surface area contributed by atoms with E-state index in [1.54, 1.807) is 7.11 Å². The van der Waals surface area contributed by atoms with Crippen LogP contribution in [0.25, 0.3) is 0 Å². The Bertz CT molecular complexity index is 699. The molecule has 1 aliphatic heterocycles. The van der Waals surface area contributed by atoms with Crippen LogP contribution in [0, 0.1) is 5.92 Å². The molecule has 0 saturated carbocycles. The summed E-state index contributed by atoms with van der Waals surface area (Å²) in [6, 6.07) is 8.47. The normalized spacial score (nSPS) is 18.1. The number of rotatable bonds is 9. The van der Waals surface area contributed by atoms with Gasteiger partial charge in [0.2, 0.25) is 0 Å². The van der Waals surface area contributed by atoms with Gasteiger partial charge >= 0.3 is 0 Å². The lowest BCUT2D eigenvalue weighted by Gasteiger charge is -2.35. The Morgan fingerprint density at radius 2 is 2.19 bits per heavy atom. The maximum atomic E-state index is 5.35. The molecule has 27 heavy (non-hydrogen) atoms. The van der Waals surface area contributed by atoms with E-state index in [1.165, 1.54) is 43.6 Å². The van der Waals surface area contributed by atoms with Gasteiger partial charge in [0.15, 0.2) is 0 Å². The fraction of sp³-hybridized carbons (Fsp3) is 0.591. The highest BCUT2D eigenvalue weighted by atomic mass is 16.5. The van der Waals surface area contributed by atoms with Crippen molar-refractivity contribution in [2.45, 2.75) is 32.7 Å². The summed E-state index contributed by atoms with van der Waals surface area (Å²) < 4.78 is 7.24. The summed E-state index contributed by atoms with van der Waals surface area (Å²) in [5.74, 6) is 1.72. The van der Waals surface area contributed by atoms with Crippen molar-refractivity contribution in [2.24, 2.45) is 13.0 Å². The average molecular weight is 371 g/mol. The minimum atomic E-state index is 0.765. The SMILES string of the molecule is CCN(Cc1cnn(C)c1)C[C@@H]1CCCN(CCc2cccc(OC)c2)C1. The average Bonchev–Trinajstić information content (AvgIpc) is 3.11. The number of hydrogen-bond donors (Lipinski definition) is 0. The van der Waals surface area contributed by atoms with Crippen molar-refractivity contribution >= 4 is 0 Å². The third-order valence-corrected chi connectivity index (χ3v) is 5.58. The van der Waals surface area contributed by atoms with Crippen LogP contribution in [-0.2, 0) is 20.0 Å². The smallest absolute Gasteiger partial charge is 0.119 e. The molecule has 1 fully saturated rings. The third kappa shape index (κ3) is 6.08. The first kappa shape index (κ1) is 19.9. The van der Waals surface area contributed by atoms with Crippen molar-refractivity contribution < 1.29 is 4.74 Å². The summed E-state index contributed by atoms with van der Waals surface area (Å²) in [5.41, 5.74) is 2.67. The molecule has 0 aliphatic carbocycles. The van der Waals surface area contributed by atoms with Gasteiger partial charge in [-0.05, 0) is 56.0 Å². The van der Waals surface area contributed by atoms with Crippen molar-refractivity contribution in [1.82, 2.24) is 19.6 Å². The van der Waals surface area contributed by atoms with Gasteiger partial charge in [-0.15, -0.1) is 0 Å². The van der Waals surface area contributed by atoms with E-state index in [1.807, 2.05) is 24.0 Å². The number of hydrogen-bond acceptors (Lipinski definition) is 4. The Hall–Kier alpha value is -1.85. The maximum absolute atomic E-state index is 5.35. The van der Waals surface area contributed by atoms with Crippen LogP contribution in [0.2, 0.25) is 0 Å². The Morgan fingerprint density at radius 1 is 1.30 bits per heavy atom. The van der Waals surface area contributed by atoms with Crippen molar-refractivity contribution in [3.63, 3.8) is 0 Å². The van der Waals surface area contributed by atoms with E-state index in [0.29, 0.717) is 0 Å². The second-order valence-corrected chi connectivity index (χ2v) is 7.76. The molecule has 0 radical (unpaired) electrons. The number of nitrogens with zero attached hydrogens (tertiary/aromatic N) is 4. The zero-order chi connectivity index (χ0) is 19.1. The molecule has 1 aromatic heterocycles. The van der Waals surface area contributed by atoms with Crippen LogP contribution in [0.5, 0.6) is 5.75 Å². The standard InChI is InChI=1S/C22H34N4O/c1-4-25(18-21-14-23-24(2)15-21)16-20-8-6-11-26(17-20)12-10-19-7-5-9-22(13-19)27-3/h5,7,9,13-15,20H,4,6,8,10-12,16-18H2,1-3H3/t20-/m0/s1. The number of aryl methyl sites for hydroxylation is 1. The molecule has 5 nitrogen and oxygen atoms in total. The number of piperidine rings is 1. The summed E-state index contributed by atoms with van der Waals surface area (Å²) in [6.45, 7) is 9.13. The molecule has 2 aromatic rings. The first-order valence-corrected chi connectivity index (χ1v) is 10.2. The van der Waals surface area contributed by atoms with Gasteiger partial charge in [0.25, 0.3) is 0 Å². The number of ether oxygens (including phenoxy) is 1. The first-order chi connectivity index (χ1) is 13.2. The molecule has 2 heterocycles. The fourth-order valence-electron chi connectivity index (χ4n) is 4.10. The van der Waals surface area contributed by atoms with Crippen molar-refractivity contribution in [3.05, 3.63) is 47.8 Å². The molecular formula is C22H34N4O. The van der Waals surface area contributed by atoms with Crippen molar-refractivity contribution in [3.8, 4) is 5.75 Å². The van der Waals surface area contributed by atoms with Crippen LogP contribution in [0.1, 0.15) is 30.9 Å². The van der Waals surface area contributed by atoms with Gasteiger partial charge in [-0.1, -0.05) is 19.1 Å². The topological polar surface area (TPSA) is 33.5 Å². The molecule has 1 aliphatic rings. The minimum Gasteiger partial charge on any atom is -0.497 e. The Balaban J connectivity index is 1.47. The predicted octanol–water partition coefficient (Wildman–Crippen LogP) is 3.21. The second-order valence-electron chi connectivity index (χ2n) is 7.76. The van der Waals surface area contributed by atoms with Crippen LogP contribution in [0.4, 0.5) is 0 Å². The van der Waals surface area contributed by atoms with Crippen LogP contribution in [0.3, 0.4) is 0 Å². The molecule has 1 aromatic carbocycles. The van der Waals surface area contributed by atoms with Gasteiger partial charge < -0.3 is 9.64 Å². The molecule has 1 saturated heterocycles. The van der Waals surface area contributed by atoms with E-state index < -0.39 is 0 Å². The van der Waals surface area contributed by atoms with E-state index in [0.717, 1.165) is 37.7 Å². The Morgan fingerprint density at radius 3 is 2.93 bits per heavy atom. The summed E-state index contributed by atoms with van der Waals surface area (Å²) in [6.07, 6.45) is 7.87. The molecule has 3 rings (SSSR count). The second kappa shape index (κ2) is 9.90. The van der Waals surface area contributed by atoms with Gasteiger partial charge in [0, 0.05) is 45.0 Å². The molecule has 0 spiro atoms.